The van der Waals surface area contributed by atoms with Crippen LogP contribution in [0.5, 0.6) is 0 Å². The average Bonchev–Trinajstić information content (AvgIpc) is 2.47. The number of rotatable bonds is 3. The molecule has 1 heterocycles. The maximum atomic E-state index is 5.61. The number of aryl methyl sites for hydroxylation is 1. The zero-order chi connectivity index (χ0) is 15.6. The van der Waals surface area contributed by atoms with Crippen molar-refractivity contribution < 1.29 is 0 Å². The zero-order valence-corrected chi connectivity index (χ0v) is 14.2. The highest BCUT2D eigenvalue weighted by molar-refractivity contribution is 5.45. The predicted molar refractivity (Wildman–Crippen MR) is 88.1 cm³/mol. The van der Waals surface area contributed by atoms with Crippen molar-refractivity contribution in [1.82, 2.24) is 9.97 Å². The highest BCUT2D eigenvalue weighted by Gasteiger charge is 2.31. The fourth-order valence-corrected chi connectivity index (χ4v) is 3.47. The first-order valence-electron chi connectivity index (χ1n) is 8.20. The lowest BCUT2D eigenvalue weighted by Crippen LogP contribution is -2.26. The molecule has 1 saturated carbocycles. The Morgan fingerprint density at radius 3 is 2.24 bits per heavy atom. The summed E-state index contributed by atoms with van der Waals surface area (Å²) in [6.45, 7) is 11.2. The van der Waals surface area contributed by atoms with Gasteiger partial charge in [-0.2, -0.15) is 0 Å². The Bertz CT molecular complexity index is 457. The molecular formula is C17H30N4. The molecule has 0 unspecified atom stereocenters. The van der Waals surface area contributed by atoms with E-state index in [1.54, 1.807) is 0 Å². The largest absolute Gasteiger partial charge is 0.308 e. The van der Waals surface area contributed by atoms with E-state index < -0.39 is 0 Å². The molecule has 1 aromatic heterocycles. The molecule has 1 aliphatic rings. The second-order valence-corrected chi connectivity index (χ2v) is 7.41. The first-order chi connectivity index (χ1) is 9.86. The van der Waals surface area contributed by atoms with Gasteiger partial charge in [0, 0.05) is 17.2 Å². The number of hydrazine groups is 1. The van der Waals surface area contributed by atoms with E-state index in [1.165, 1.54) is 25.7 Å². The lowest BCUT2D eigenvalue weighted by atomic mass is 9.69. The molecule has 0 saturated heterocycles. The summed E-state index contributed by atoms with van der Waals surface area (Å²) in [5.74, 6) is 8.69. The Hall–Kier alpha value is -1.16. The Kier molecular flexibility index (Phi) is 4.87. The summed E-state index contributed by atoms with van der Waals surface area (Å²) in [4.78, 5) is 9.47. The fraction of sp³-hybridized carbons (Fsp3) is 0.765. The highest BCUT2D eigenvalue weighted by Crippen LogP contribution is 2.42. The maximum Gasteiger partial charge on any atom is 0.146 e. The van der Waals surface area contributed by atoms with Gasteiger partial charge in [0.15, 0.2) is 0 Å². The lowest BCUT2D eigenvalue weighted by molar-refractivity contribution is 0.167. The number of hydrogen-bond acceptors (Lipinski definition) is 4. The Morgan fingerprint density at radius 2 is 1.76 bits per heavy atom. The van der Waals surface area contributed by atoms with Crippen LogP contribution in [0.15, 0.2) is 0 Å². The molecule has 1 aromatic rings. The van der Waals surface area contributed by atoms with Gasteiger partial charge in [-0.15, -0.1) is 0 Å². The number of aromatic nitrogens is 2. The van der Waals surface area contributed by atoms with E-state index in [9.17, 15) is 0 Å². The van der Waals surface area contributed by atoms with Crippen molar-refractivity contribution >= 4 is 5.82 Å². The van der Waals surface area contributed by atoms with E-state index in [2.05, 4.69) is 38.1 Å². The number of nitrogen functional groups attached to an aromatic ring is 1. The van der Waals surface area contributed by atoms with Crippen LogP contribution in [0.25, 0.3) is 0 Å². The molecule has 1 aliphatic carbocycles. The molecule has 0 atom stereocenters. The smallest absolute Gasteiger partial charge is 0.146 e. The number of anilines is 1. The van der Waals surface area contributed by atoms with Gasteiger partial charge < -0.3 is 5.43 Å². The van der Waals surface area contributed by atoms with E-state index in [0.717, 1.165) is 35.2 Å². The molecule has 0 radical (unpaired) electrons. The van der Waals surface area contributed by atoms with Crippen molar-refractivity contribution in [3.8, 4) is 0 Å². The van der Waals surface area contributed by atoms with Crippen LogP contribution in [0.4, 0.5) is 5.82 Å². The van der Waals surface area contributed by atoms with E-state index in [-0.39, 0.29) is 0 Å². The van der Waals surface area contributed by atoms with Gasteiger partial charge in [0.25, 0.3) is 0 Å². The minimum atomic E-state index is 0.414. The molecule has 0 aromatic carbocycles. The monoisotopic (exact) mass is 290 g/mol. The maximum absolute atomic E-state index is 5.61. The van der Waals surface area contributed by atoms with Crippen LogP contribution in [0.1, 0.15) is 76.4 Å². The number of nitrogens with two attached hydrogens (primary N) is 1. The Labute approximate surface area is 128 Å². The van der Waals surface area contributed by atoms with E-state index in [0.29, 0.717) is 11.3 Å². The van der Waals surface area contributed by atoms with Gasteiger partial charge in [0.2, 0.25) is 0 Å². The molecule has 0 aliphatic heterocycles. The van der Waals surface area contributed by atoms with Gasteiger partial charge >= 0.3 is 0 Å². The summed E-state index contributed by atoms with van der Waals surface area (Å²) in [6.07, 6.45) is 5.86. The van der Waals surface area contributed by atoms with Crippen LogP contribution in [0.2, 0.25) is 0 Å². The summed E-state index contributed by atoms with van der Waals surface area (Å²) in [6, 6.07) is 0. The number of hydrogen-bond donors (Lipinski definition) is 2. The third-order valence-corrected chi connectivity index (χ3v) is 5.05. The van der Waals surface area contributed by atoms with Crippen molar-refractivity contribution in [3.63, 3.8) is 0 Å². The minimum absolute atomic E-state index is 0.414. The number of nitrogens with one attached hydrogen (secondary N) is 1. The molecule has 2 rings (SSSR count). The van der Waals surface area contributed by atoms with E-state index in [1.807, 2.05) is 6.92 Å². The molecule has 4 heteroatoms. The molecule has 3 N–H and O–H groups in total. The summed E-state index contributed by atoms with van der Waals surface area (Å²) < 4.78 is 0. The molecule has 0 spiro atoms. The van der Waals surface area contributed by atoms with Gasteiger partial charge in [-0.25, -0.2) is 15.8 Å². The SMILES string of the molecule is CCc1nc(C2CCC(C(C)(C)C)CC2)nc(NN)c1C. The van der Waals surface area contributed by atoms with Gasteiger partial charge in [-0.1, -0.05) is 27.7 Å². The quantitative estimate of drug-likeness (QED) is 0.653. The first kappa shape index (κ1) is 16.2. The molecule has 0 bridgehead atoms. The summed E-state index contributed by atoms with van der Waals surface area (Å²) >= 11 is 0. The molecule has 118 valence electrons. The minimum Gasteiger partial charge on any atom is -0.308 e. The molecule has 4 nitrogen and oxygen atoms in total. The number of nitrogens with zero attached hydrogens (tertiary/aromatic N) is 2. The van der Waals surface area contributed by atoms with Crippen molar-refractivity contribution in [2.24, 2.45) is 17.2 Å². The second-order valence-electron chi connectivity index (χ2n) is 7.41. The van der Waals surface area contributed by atoms with Crippen LogP contribution in [-0.4, -0.2) is 9.97 Å². The van der Waals surface area contributed by atoms with Crippen molar-refractivity contribution in [1.29, 1.82) is 0 Å². The lowest BCUT2D eigenvalue weighted by Gasteiger charge is -2.36. The summed E-state index contributed by atoms with van der Waals surface area (Å²) in [5, 5.41) is 0. The van der Waals surface area contributed by atoms with Crippen LogP contribution in [0.3, 0.4) is 0 Å². The van der Waals surface area contributed by atoms with Crippen LogP contribution < -0.4 is 11.3 Å². The molecule has 0 amide bonds. The van der Waals surface area contributed by atoms with Crippen molar-refractivity contribution in [2.75, 3.05) is 5.43 Å². The van der Waals surface area contributed by atoms with Gasteiger partial charge in [0.05, 0.1) is 0 Å². The fourth-order valence-electron chi connectivity index (χ4n) is 3.47. The molecule has 21 heavy (non-hydrogen) atoms. The summed E-state index contributed by atoms with van der Waals surface area (Å²) in [7, 11) is 0. The van der Waals surface area contributed by atoms with Gasteiger partial charge in [-0.3, -0.25) is 0 Å². The molecule has 1 fully saturated rings. The third kappa shape index (κ3) is 3.54. The van der Waals surface area contributed by atoms with E-state index in [4.69, 9.17) is 10.8 Å². The highest BCUT2D eigenvalue weighted by atomic mass is 15.3. The normalized spacial score (nSPS) is 23.1. The van der Waals surface area contributed by atoms with Crippen LogP contribution in [-0.2, 0) is 6.42 Å². The predicted octanol–water partition coefficient (Wildman–Crippen LogP) is 3.95. The van der Waals surface area contributed by atoms with Gasteiger partial charge in [-0.05, 0) is 50.4 Å². The Morgan fingerprint density at radius 1 is 1.14 bits per heavy atom. The first-order valence-corrected chi connectivity index (χ1v) is 8.20. The van der Waals surface area contributed by atoms with Gasteiger partial charge in [0.1, 0.15) is 11.6 Å². The topological polar surface area (TPSA) is 63.8 Å². The second kappa shape index (κ2) is 6.30. The molecular weight excluding hydrogens is 260 g/mol. The standard InChI is InChI=1S/C17H30N4/c1-6-14-11(2)15(21-18)20-16(19-14)12-7-9-13(10-8-12)17(3,4)5/h12-13H,6-10,18H2,1-5H3,(H,19,20,21). The van der Waals surface area contributed by atoms with Crippen LogP contribution in [0, 0.1) is 18.3 Å². The van der Waals surface area contributed by atoms with E-state index >= 15 is 0 Å². The van der Waals surface area contributed by atoms with Crippen LogP contribution >= 0.6 is 0 Å². The summed E-state index contributed by atoms with van der Waals surface area (Å²) in [5.41, 5.74) is 5.34. The third-order valence-electron chi connectivity index (χ3n) is 5.05. The Balaban J connectivity index is 2.17. The van der Waals surface area contributed by atoms with Crippen molar-refractivity contribution in [2.45, 2.75) is 72.6 Å². The van der Waals surface area contributed by atoms with Crippen molar-refractivity contribution in [3.05, 3.63) is 17.1 Å². The average molecular weight is 290 g/mol. The zero-order valence-electron chi connectivity index (χ0n) is 14.2.